The van der Waals surface area contributed by atoms with Gasteiger partial charge >= 0.3 is 0 Å². The summed E-state index contributed by atoms with van der Waals surface area (Å²) in [6, 6.07) is 19.3. The molecule has 0 N–H and O–H groups in total. The summed E-state index contributed by atoms with van der Waals surface area (Å²) in [6.07, 6.45) is 0.835. The molecule has 1 aliphatic heterocycles. The van der Waals surface area contributed by atoms with Crippen LogP contribution in [0.15, 0.2) is 60.7 Å². The lowest BCUT2D eigenvalue weighted by Gasteiger charge is -2.34. The number of aryl methyl sites for hydroxylation is 1. The number of rotatable bonds is 3. The Labute approximate surface area is 152 Å². The summed E-state index contributed by atoms with van der Waals surface area (Å²) >= 11 is 0. The number of carbonyl (C=O) groups excluding carboxylic acids is 1. The first-order chi connectivity index (χ1) is 12.7. The molecule has 1 aliphatic rings. The van der Waals surface area contributed by atoms with E-state index in [2.05, 4.69) is 12.0 Å². The zero-order valence-corrected chi connectivity index (χ0v) is 14.9. The number of anilines is 1. The Morgan fingerprint density at radius 3 is 2.65 bits per heavy atom. The standard InChI is InChI=1S/C21H21N3O2/c1-3-17-14-23(19-11-7-8-12-20(19)26-17)21(25)18-13-15(2)24(22-18)16-9-5-4-6-10-16/h4-13,17H,3,14H2,1-2H3. The number of benzene rings is 2. The fraction of sp³-hybridized carbons (Fsp3) is 0.238. The highest BCUT2D eigenvalue weighted by Crippen LogP contribution is 2.34. The van der Waals surface area contributed by atoms with Crippen molar-refractivity contribution < 1.29 is 9.53 Å². The van der Waals surface area contributed by atoms with Crippen LogP contribution in [0.4, 0.5) is 5.69 Å². The minimum atomic E-state index is -0.100. The molecular formula is C21H21N3O2. The fourth-order valence-corrected chi connectivity index (χ4v) is 3.25. The number of para-hydroxylation sites is 3. The maximum atomic E-state index is 13.2. The highest BCUT2D eigenvalue weighted by Gasteiger charge is 2.30. The number of aromatic nitrogens is 2. The highest BCUT2D eigenvalue weighted by molar-refractivity contribution is 6.06. The van der Waals surface area contributed by atoms with Gasteiger partial charge in [0.25, 0.3) is 5.91 Å². The Morgan fingerprint density at radius 1 is 1.15 bits per heavy atom. The van der Waals surface area contributed by atoms with Crippen LogP contribution < -0.4 is 9.64 Å². The molecule has 4 rings (SSSR count). The van der Waals surface area contributed by atoms with E-state index in [1.54, 1.807) is 9.58 Å². The van der Waals surface area contributed by atoms with E-state index in [0.717, 1.165) is 29.2 Å². The van der Waals surface area contributed by atoms with Gasteiger partial charge in [-0.3, -0.25) is 9.69 Å². The Balaban J connectivity index is 1.70. The van der Waals surface area contributed by atoms with Crippen LogP contribution in [-0.4, -0.2) is 28.3 Å². The number of amides is 1. The zero-order chi connectivity index (χ0) is 18.1. The fourth-order valence-electron chi connectivity index (χ4n) is 3.25. The zero-order valence-electron chi connectivity index (χ0n) is 14.9. The van der Waals surface area contributed by atoms with Crippen molar-refractivity contribution in [1.82, 2.24) is 9.78 Å². The number of hydrogen-bond acceptors (Lipinski definition) is 3. The van der Waals surface area contributed by atoms with E-state index < -0.39 is 0 Å². The second kappa shape index (κ2) is 6.67. The molecular weight excluding hydrogens is 326 g/mol. The number of fused-ring (bicyclic) bond motifs is 1. The smallest absolute Gasteiger partial charge is 0.279 e. The van der Waals surface area contributed by atoms with Crippen LogP contribution in [0.1, 0.15) is 29.5 Å². The van der Waals surface area contributed by atoms with Crippen LogP contribution in [0.3, 0.4) is 0 Å². The van der Waals surface area contributed by atoms with Crippen molar-refractivity contribution in [3.8, 4) is 11.4 Å². The van der Waals surface area contributed by atoms with Crippen molar-refractivity contribution in [2.45, 2.75) is 26.4 Å². The van der Waals surface area contributed by atoms with Gasteiger partial charge in [-0.2, -0.15) is 5.10 Å². The first-order valence-corrected chi connectivity index (χ1v) is 8.87. The third-order valence-electron chi connectivity index (χ3n) is 4.64. The highest BCUT2D eigenvalue weighted by atomic mass is 16.5. The Hall–Kier alpha value is -3.08. The molecule has 0 aliphatic carbocycles. The lowest BCUT2D eigenvalue weighted by atomic mass is 10.1. The molecule has 0 fully saturated rings. The van der Waals surface area contributed by atoms with Crippen LogP contribution in [-0.2, 0) is 0 Å². The molecule has 2 heterocycles. The van der Waals surface area contributed by atoms with Crippen LogP contribution >= 0.6 is 0 Å². The summed E-state index contributed by atoms with van der Waals surface area (Å²) in [5.41, 5.74) is 3.11. The van der Waals surface area contributed by atoms with Gasteiger partial charge in [0.05, 0.1) is 17.9 Å². The normalized spacial score (nSPS) is 16.1. The largest absolute Gasteiger partial charge is 0.486 e. The second-order valence-electron chi connectivity index (χ2n) is 6.45. The lowest BCUT2D eigenvalue weighted by molar-refractivity contribution is 0.0949. The number of hydrogen-bond donors (Lipinski definition) is 0. The summed E-state index contributed by atoms with van der Waals surface area (Å²) in [4.78, 5) is 15.0. The lowest BCUT2D eigenvalue weighted by Crippen LogP contribution is -2.43. The van der Waals surface area contributed by atoms with Gasteiger partial charge < -0.3 is 4.74 Å². The van der Waals surface area contributed by atoms with Crippen LogP contribution in [0.5, 0.6) is 5.75 Å². The predicted molar refractivity (Wildman–Crippen MR) is 101 cm³/mol. The maximum Gasteiger partial charge on any atom is 0.279 e. The van der Waals surface area contributed by atoms with Crippen molar-refractivity contribution in [1.29, 1.82) is 0 Å². The monoisotopic (exact) mass is 347 g/mol. The van der Waals surface area contributed by atoms with Crippen LogP contribution in [0.25, 0.3) is 5.69 Å². The van der Waals surface area contributed by atoms with E-state index in [4.69, 9.17) is 4.74 Å². The SMILES string of the molecule is CCC1CN(C(=O)c2cc(C)n(-c3ccccc3)n2)c2ccccc2O1. The van der Waals surface area contributed by atoms with Gasteiger partial charge in [-0.25, -0.2) is 4.68 Å². The number of nitrogens with zero attached hydrogens (tertiary/aromatic N) is 3. The summed E-state index contributed by atoms with van der Waals surface area (Å²) in [5.74, 6) is 0.648. The molecule has 1 amide bonds. The molecule has 0 saturated carbocycles. The minimum Gasteiger partial charge on any atom is -0.486 e. The molecule has 5 nitrogen and oxygen atoms in total. The summed E-state index contributed by atoms with van der Waals surface area (Å²) in [7, 11) is 0. The molecule has 26 heavy (non-hydrogen) atoms. The minimum absolute atomic E-state index is 0.00819. The van der Waals surface area contributed by atoms with Crippen LogP contribution in [0.2, 0.25) is 0 Å². The Kier molecular flexibility index (Phi) is 4.21. The molecule has 1 atom stereocenters. The average Bonchev–Trinajstić information content (AvgIpc) is 3.09. The van der Waals surface area contributed by atoms with E-state index in [9.17, 15) is 4.79 Å². The van der Waals surface area contributed by atoms with Crippen molar-refractivity contribution in [3.05, 3.63) is 72.1 Å². The molecule has 2 aromatic carbocycles. The first kappa shape index (κ1) is 16.4. The quantitative estimate of drug-likeness (QED) is 0.719. The average molecular weight is 347 g/mol. The molecule has 1 aromatic heterocycles. The summed E-state index contributed by atoms with van der Waals surface area (Å²) in [6.45, 7) is 4.55. The third-order valence-corrected chi connectivity index (χ3v) is 4.64. The topological polar surface area (TPSA) is 47.4 Å². The van der Waals surface area contributed by atoms with E-state index in [1.165, 1.54) is 0 Å². The van der Waals surface area contributed by atoms with E-state index in [0.29, 0.717) is 12.2 Å². The predicted octanol–water partition coefficient (Wildman–Crippen LogP) is 4.00. The van der Waals surface area contributed by atoms with Gasteiger partial charge in [0.1, 0.15) is 11.9 Å². The maximum absolute atomic E-state index is 13.2. The first-order valence-electron chi connectivity index (χ1n) is 8.87. The number of ether oxygens (including phenoxy) is 1. The summed E-state index contributed by atoms with van der Waals surface area (Å²) in [5, 5.41) is 4.56. The van der Waals surface area contributed by atoms with Crippen molar-refractivity contribution >= 4 is 11.6 Å². The molecule has 0 spiro atoms. The Morgan fingerprint density at radius 2 is 1.88 bits per heavy atom. The molecule has 1 unspecified atom stereocenters. The van der Waals surface area contributed by atoms with Gasteiger partial charge in [-0.15, -0.1) is 0 Å². The molecule has 3 aromatic rings. The molecule has 0 radical (unpaired) electrons. The van der Waals surface area contributed by atoms with Gasteiger partial charge in [-0.05, 0) is 43.7 Å². The molecule has 0 saturated heterocycles. The van der Waals surface area contributed by atoms with Crippen molar-refractivity contribution in [2.24, 2.45) is 0 Å². The molecule has 5 heteroatoms. The second-order valence-corrected chi connectivity index (χ2v) is 6.45. The Bertz CT molecular complexity index is 933. The van der Waals surface area contributed by atoms with E-state index in [-0.39, 0.29) is 12.0 Å². The van der Waals surface area contributed by atoms with E-state index in [1.807, 2.05) is 67.6 Å². The van der Waals surface area contributed by atoms with Crippen LogP contribution in [0, 0.1) is 6.92 Å². The summed E-state index contributed by atoms with van der Waals surface area (Å²) < 4.78 is 7.78. The molecule has 132 valence electrons. The van der Waals surface area contributed by atoms with Gasteiger partial charge in [0, 0.05) is 5.69 Å². The van der Waals surface area contributed by atoms with E-state index >= 15 is 0 Å². The van der Waals surface area contributed by atoms with Gasteiger partial charge in [-0.1, -0.05) is 37.3 Å². The van der Waals surface area contributed by atoms with Crippen molar-refractivity contribution in [2.75, 3.05) is 11.4 Å². The van der Waals surface area contributed by atoms with Gasteiger partial charge in [0.2, 0.25) is 0 Å². The van der Waals surface area contributed by atoms with Gasteiger partial charge in [0.15, 0.2) is 5.69 Å². The van der Waals surface area contributed by atoms with Crippen molar-refractivity contribution in [3.63, 3.8) is 0 Å². The number of carbonyl (C=O) groups is 1. The molecule has 0 bridgehead atoms. The third kappa shape index (κ3) is 2.86.